The topological polar surface area (TPSA) is 81.0 Å². The third kappa shape index (κ3) is 4.44. The highest BCUT2D eigenvalue weighted by molar-refractivity contribution is 6.17. The molecule has 0 aliphatic carbocycles. The SMILES string of the molecule is CC1(C)OC2=CN(c3cc4c(cc3-c3ccc(F)cc3)NC(=O)CC(c3cccc(-n5ccnc5)c3)=N4)CC2O1. The summed E-state index contributed by atoms with van der Waals surface area (Å²) in [6, 6.07) is 18.1. The number of nitrogens with one attached hydrogen (secondary N) is 1. The van der Waals surface area contributed by atoms with Crippen LogP contribution in [0.4, 0.5) is 21.5 Å². The van der Waals surface area contributed by atoms with Crippen molar-refractivity contribution in [3.63, 3.8) is 0 Å². The molecule has 9 heteroatoms. The van der Waals surface area contributed by atoms with Gasteiger partial charge in [-0.3, -0.25) is 9.79 Å². The molecule has 4 aromatic rings. The fraction of sp³-hybridized carbons (Fsp3) is 0.194. The number of benzene rings is 3. The smallest absolute Gasteiger partial charge is 0.230 e. The summed E-state index contributed by atoms with van der Waals surface area (Å²) in [4.78, 5) is 24.3. The van der Waals surface area contributed by atoms with E-state index >= 15 is 0 Å². The molecule has 1 atom stereocenters. The standard InChI is InChI=1S/C31H26FN5O3/c1-31(2)39-28-16-37(17-29(28)40-31)27-14-26-25(13-23(27)19-6-8-21(32)9-7-19)35-30(38)15-24(34-26)20-4-3-5-22(12-20)36-11-10-33-18-36/h3-14,16,18,29H,15,17H2,1-2H3,(H,35,38). The van der Waals surface area contributed by atoms with Gasteiger partial charge in [-0.2, -0.15) is 0 Å². The fourth-order valence-corrected chi connectivity index (χ4v) is 5.39. The molecule has 4 heterocycles. The molecule has 1 saturated heterocycles. The van der Waals surface area contributed by atoms with E-state index in [1.54, 1.807) is 24.7 Å². The maximum Gasteiger partial charge on any atom is 0.230 e. The third-order valence-electron chi connectivity index (χ3n) is 7.17. The summed E-state index contributed by atoms with van der Waals surface area (Å²) >= 11 is 0. The lowest BCUT2D eigenvalue weighted by molar-refractivity contribution is -0.132. The van der Waals surface area contributed by atoms with Crippen molar-refractivity contribution in [3.8, 4) is 16.8 Å². The van der Waals surface area contributed by atoms with Crippen LogP contribution in [0.15, 0.2) is 96.3 Å². The minimum atomic E-state index is -0.676. The second-order valence-electron chi connectivity index (χ2n) is 10.5. The third-order valence-corrected chi connectivity index (χ3v) is 7.17. The van der Waals surface area contributed by atoms with E-state index in [1.165, 1.54) is 12.1 Å². The zero-order valence-corrected chi connectivity index (χ0v) is 22.0. The Labute approximate surface area is 230 Å². The molecule has 200 valence electrons. The molecule has 7 rings (SSSR count). The molecule has 3 aliphatic heterocycles. The van der Waals surface area contributed by atoms with Crippen LogP contribution >= 0.6 is 0 Å². The number of halogens is 1. The molecule has 1 aromatic heterocycles. The van der Waals surface area contributed by atoms with Crippen LogP contribution in [-0.2, 0) is 14.3 Å². The molecule has 3 aliphatic rings. The lowest BCUT2D eigenvalue weighted by Gasteiger charge is -2.24. The molecule has 8 nitrogen and oxygen atoms in total. The first-order valence-corrected chi connectivity index (χ1v) is 13.1. The van der Waals surface area contributed by atoms with Crippen molar-refractivity contribution < 1.29 is 18.7 Å². The molecular formula is C31H26FN5O3. The molecule has 0 radical (unpaired) electrons. The number of rotatable bonds is 4. The van der Waals surface area contributed by atoms with Crippen LogP contribution in [0, 0.1) is 5.82 Å². The number of hydrogen-bond donors (Lipinski definition) is 1. The highest BCUT2D eigenvalue weighted by atomic mass is 19.1. The van der Waals surface area contributed by atoms with E-state index < -0.39 is 5.79 Å². The molecule has 0 saturated carbocycles. The van der Waals surface area contributed by atoms with Gasteiger partial charge >= 0.3 is 0 Å². The van der Waals surface area contributed by atoms with Crippen molar-refractivity contribution in [2.45, 2.75) is 32.2 Å². The van der Waals surface area contributed by atoms with Gasteiger partial charge in [0.15, 0.2) is 0 Å². The van der Waals surface area contributed by atoms with E-state index in [0.29, 0.717) is 23.6 Å². The number of carbonyl (C=O) groups is 1. The maximum atomic E-state index is 13.8. The summed E-state index contributed by atoms with van der Waals surface area (Å²) in [6.45, 7) is 4.34. The van der Waals surface area contributed by atoms with E-state index in [1.807, 2.05) is 67.2 Å². The first kappa shape index (κ1) is 24.3. The van der Waals surface area contributed by atoms with E-state index in [2.05, 4.69) is 15.2 Å². The minimum absolute atomic E-state index is 0.121. The molecular weight excluding hydrogens is 509 g/mol. The monoisotopic (exact) mass is 535 g/mol. The largest absolute Gasteiger partial charge is 0.463 e. The quantitative estimate of drug-likeness (QED) is 0.349. The van der Waals surface area contributed by atoms with Gasteiger partial charge in [0.05, 0.1) is 42.1 Å². The van der Waals surface area contributed by atoms with E-state index in [0.717, 1.165) is 33.8 Å². The Balaban J connectivity index is 1.35. The number of fused-ring (bicyclic) bond motifs is 2. The van der Waals surface area contributed by atoms with Gasteiger partial charge in [-0.25, -0.2) is 9.37 Å². The molecule has 1 N–H and O–H groups in total. The van der Waals surface area contributed by atoms with Crippen LogP contribution in [0.1, 0.15) is 25.8 Å². The predicted octanol–water partition coefficient (Wildman–Crippen LogP) is 5.95. The molecule has 0 bridgehead atoms. The molecule has 3 aromatic carbocycles. The summed E-state index contributed by atoms with van der Waals surface area (Å²) in [6.07, 6.45) is 7.19. The average Bonchev–Trinajstić information content (AvgIpc) is 3.62. The van der Waals surface area contributed by atoms with Gasteiger partial charge in [-0.05, 0) is 47.5 Å². The Morgan fingerprint density at radius 3 is 2.70 bits per heavy atom. The van der Waals surface area contributed by atoms with Gasteiger partial charge < -0.3 is 24.3 Å². The number of aromatic nitrogens is 2. The highest BCUT2D eigenvalue weighted by Gasteiger charge is 2.42. The van der Waals surface area contributed by atoms with Crippen molar-refractivity contribution in [2.24, 2.45) is 4.99 Å². The Hall–Kier alpha value is -4.76. The normalized spacial score (nSPS) is 19.2. The lowest BCUT2D eigenvalue weighted by Crippen LogP contribution is -2.28. The zero-order valence-electron chi connectivity index (χ0n) is 22.0. The molecule has 1 unspecified atom stereocenters. The van der Waals surface area contributed by atoms with Crippen LogP contribution in [-0.4, -0.2) is 39.6 Å². The Bertz CT molecular complexity index is 1690. The average molecular weight is 536 g/mol. The number of imidazole rings is 1. The molecule has 0 spiro atoms. The van der Waals surface area contributed by atoms with Crippen LogP contribution in [0.25, 0.3) is 16.8 Å². The number of aliphatic imine (C=N–C) groups is 1. The number of nitrogens with zero attached hydrogens (tertiary/aromatic N) is 4. The lowest BCUT2D eigenvalue weighted by atomic mass is 10.0. The number of anilines is 2. The van der Waals surface area contributed by atoms with Gasteiger partial charge in [0.2, 0.25) is 11.7 Å². The summed E-state index contributed by atoms with van der Waals surface area (Å²) in [5.74, 6) is -0.392. The molecule has 1 fully saturated rings. The second kappa shape index (κ2) is 9.17. The van der Waals surface area contributed by atoms with Crippen LogP contribution in [0.3, 0.4) is 0 Å². The van der Waals surface area contributed by atoms with Crippen molar-refractivity contribution >= 4 is 28.7 Å². The van der Waals surface area contributed by atoms with Gasteiger partial charge in [-0.1, -0.05) is 24.3 Å². The van der Waals surface area contributed by atoms with Crippen LogP contribution in [0.5, 0.6) is 0 Å². The summed E-state index contributed by atoms with van der Waals surface area (Å²) in [5.41, 5.74) is 6.14. The van der Waals surface area contributed by atoms with Gasteiger partial charge in [0, 0.05) is 43.7 Å². The highest BCUT2D eigenvalue weighted by Crippen LogP contribution is 2.44. The number of amides is 1. The predicted molar refractivity (Wildman–Crippen MR) is 150 cm³/mol. The van der Waals surface area contributed by atoms with Crippen molar-refractivity contribution in [2.75, 3.05) is 16.8 Å². The number of hydrogen-bond acceptors (Lipinski definition) is 6. The van der Waals surface area contributed by atoms with E-state index in [-0.39, 0.29) is 24.2 Å². The summed E-state index contributed by atoms with van der Waals surface area (Å²) < 4.78 is 27.8. The first-order chi connectivity index (χ1) is 19.3. The van der Waals surface area contributed by atoms with Crippen LogP contribution < -0.4 is 10.2 Å². The minimum Gasteiger partial charge on any atom is -0.463 e. The van der Waals surface area contributed by atoms with E-state index in [9.17, 15) is 9.18 Å². The van der Waals surface area contributed by atoms with Gasteiger partial charge in [0.1, 0.15) is 17.7 Å². The number of ether oxygens (including phenoxy) is 2. The molecule has 40 heavy (non-hydrogen) atoms. The Kier molecular flexibility index (Phi) is 5.57. The Morgan fingerprint density at radius 2 is 1.93 bits per heavy atom. The van der Waals surface area contributed by atoms with E-state index in [4.69, 9.17) is 14.5 Å². The zero-order chi connectivity index (χ0) is 27.4. The molecule has 1 amide bonds. The van der Waals surface area contributed by atoms with Gasteiger partial charge in [-0.15, -0.1) is 0 Å². The maximum absolute atomic E-state index is 13.8. The fourth-order valence-electron chi connectivity index (χ4n) is 5.39. The number of carbonyl (C=O) groups excluding carboxylic acids is 1. The Morgan fingerprint density at radius 1 is 1.07 bits per heavy atom. The van der Waals surface area contributed by atoms with Crippen LogP contribution in [0.2, 0.25) is 0 Å². The first-order valence-electron chi connectivity index (χ1n) is 13.1. The second-order valence-corrected chi connectivity index (χ2v) is 10.5. The summed E-state index contributed by atoms with van der Waals surface area (Å²) in [5, 5.41) is 3.03. The van der Waals surface area contributed by atoms with Crippen molar-refractivity contribution in [1.82, 2.24) is 9.55 Å². The van der Waals surface area contributed by atoms with Gasteiger partial charge in [0.25, 0.3) is 0 Å². The summed E-state index contributed by atoms with van der Waals surface area (Å²) in [7, 11) is 0. The van der Waals surface area contributed by atoms with Crippen molar-refractivity contribution in [1.29, 1.82) is 0 Å². The van der Waals surface area contributed by atoms with Crippen molar-refractivity contribution in [3.05, 3.63) is 103 Å².